The Bertz CT molecular complexity index is 504. The molecule has 1 saturated carbocycles. The quantitative estimate of drug-likeness (QED) is 0.486. The Morgan fingerprint density at radius 3 is 2.54 bits per heavy atom. The number of esters is 1. The van der Waals surface area contributed by atoms with Gasteiger partial charge in [0.15, 0.2) is 8.32 Å². The van der Waals surface area contributed by atoms with Gasteiger partial charge in [0.2, 0.25) is 0 Å². The molecule has 0 N–H and O–H groups in total. The van der Waals surface area contributed by atoms with Gasteiger partial charge in [0.05, 0.1) is 0 Å². The molecule has 1 aliphatic carbocycles. The highest BCUT2D eigenvalue weighted by molar-refractivity contribution is 6.74. The Kier molecular flexibility index (Phi) is 5.71. The number of carbonyl (C=O) groups excluding carboxylic acids is 1. The second-order valence-electron chi connectivity index (χ2n) is 9.74. The first-order valence-electron chi connectivity index (χ1n) is 9.47. The predicted octanol–water partition coefficient (Wildman–Crippen LogP) is 5.47. The minimum absolute atomic E-state index is 0.172. The van der Waals surface area contributed by atoms with E-state index in [2.05, 4.69) is 47.7 Å². The Morgan fingerprint density at radius 2 is 2.04 bits per heavy atom. The van der Waals surface area contributed by atoms with Crippen LogP contribution in [0, 0.1) is 11.3 Å². The van der Waals surface area contributed by atoms with Crippen molar-refractivity contribution in [3.8, 4) is 0 Å². The van der Waals surface area contributed by atoms with Crippen LogP contribution in [0.5, 0.6) is 0 Å². The van der Waals surface area contributed by atoms with Crippen molar-refractivity contribution in [3.05, 3.63) is 11.6 Å². The molecule has 1 heterocycles. The fraction of sp³-hybridized carbons (Fsp3) is 0.850. The van der Waals surface area contributed by atoms with Gasteiger partial charge in [-0.05, 0) is 67.1 Å². The van der Waals surface area contributed by atoms with Crippen LogP contribution in [0.2, 0.25) is 18.1 Å². The van der Waals surface area contributed by atoms with Crippen molar-refractivity contribution in [1.82, 2.24) is 0 Å². The van der Waals surface area contributed by atoms with Crippen molar-refractivity contribution in [1.29, 1.82) is 0 Å². The van der Waals surface area contributed by atoms with Gasteiger partial charge in [-0.1, -0.05) is 34.6 Å². The predicted molar refractivity (Wildman–Crippen MR) is 101 cm³/mol. The van der Waals surface area contributed by atoms with Crippen LogP contribution in [0.25, 0.3) is 0 Å². The number of hydrogen-bond donors (Lipinski definition) is 0. The summed E-state index contributed by atoms with van der Waals surface area (Å²) in [5.41, 5.74) is 1.51. The Hall–Kier alpha value is -0.613. The molecular weight excluding hydrogens is 316 g/mol. The standard InChI is InChI=1S/C20H36O3Si/c1-15-12-17(23-24(6,7)19(2,3)4)9-11-20(15,5)10-8-16-13-18(21)22-14-16/h13,15,17H,8-12,14H2,1-7H3/t15-,17?,20-/m1/s1. The Morgan fingerprint density at radius 1 is 1.38 bits per heavy atom. The van der Waals surface area contributed by atoms with Gasteiger partial charge in [-0.2, -0.15) is 0 Å². The molecule has 0 aromatic carbocycles. The maximum absolute atomic E-state index is 11.2. The smallest absolute Gasteiger partial charge is 0.331 e. The molecule has 138 valence electrons. The zero-order valence-electron chi connectivity index (χ0n) is 16.7. The second kappa shape index (κ2) is 6.95. The molecule has 0 radical (unpaired) electrons. The number of rotatable bonds is 5. The molecule has 1 fully saturated rings. The van der Waals surface area contributed by atoms with Crippen molar-refractivity contribution < 1.29 is 14.0 Å². The molecule has 0 aromatic heterocycles. The molecule has 2 rings (SSSR count). The lowest BCUT2D eigenvalue weighted by Gasteiger charge is -2.47. The molecule has 0 spiro atoms. The normalized spacial score (nSPS) is 31.8. The highest BCUT2D eigenvalue weighted by Crippen LogP contribution is 2.47. The van der Waals surface area contributed by atoms with Crippen molar-refractivity contribution in [2.45, 2.75) is 91.0 Å². The molecule has 0 saturated heterocycles. The van der Waals surface area contributed by atoms with Crippen LogP contribution in [-0.2, 0) is 14.0 Å². The molecule has 3 nitrogen and oxygen atoms in total. The van der Waals surface area contributed by atoms with E-state index in [0.29, 0.717) is 24.0 Å². The maximum Gasteiger partial charge on any atom is 0.331 e. The fourth-order valence-corrected chi connectivity index (χ4v) is 5.01. The molecule has 4 heteroatoms. The van der Waals surface area contributed by atoms with Gasteiger partial charge in [-0.15, -0.1) is 0 Å². The zero-order chi connectivity index (χ0) is 18.2. The summed E-state index contributed by atoms with van der Waals surface area (Å²) in [5, 5.41) is 0.276. The molecule has 0 aromatic rings. The summed E-state index contributed by atoms with van der Waals surface area (Å²) in [7, 11) is -1.68. The lowest BCUT2D eigenvalue weighted by atomic mass is 9.65. The van der Waals surface area contributed by atoms with E-state index in [4.69, 9.17) is 9.16 Å². The van der Waals surface area contributed by atoms with E-state index in [-0.39, 0.29) is 11.0 Å². The summed E-state index contributed by atoms with van der Waals surface area (Å²) >= 11 is 0. The fourth-order valence-electron chi connectivity index (χ4n) is 3.61. The van der Waals surface area contributed by atoms with Crippen LogP contribution in [0.1, 0.15) is 66.7 Å². The largest absolute Gasteiger partial charge is 0.458 e. The average Bonchev–Trinajstić information content (AvgIpc) is 2.85. The summed E-state index contributed by atoms with van der Waals surface area (Å²) in [4.78, 5) is 11.2. The van der Waals surface area contributed by atoms with E-state index in [1.165, 1.54) is 12.8 Å². The van der Waals surface area contributed by atoms with E-state index >= 15 is 0 Å². The SMILES string of the molecule is C[C@@H]1CC(O[Si](C)(C)C(C)(C)C)CC[C@@]1(C)CCC1=CC(=O)OC1. The van der Waals surface area contributed by atoms with Crippen LogP contribution in [-0.4, -0.2) is 27.0 Å². The van der Waals surface area contributed by atoms with E-state index in [1.54, 1.807) is 6.08 Å². The van der Waals surface area contributed by atoms with Crippen molar-refractivity contribution in [3.63, 3.8) is 0 Å². The van der Waals surface area contributed by atoms with Crippen molar-refractivity contribution >= 4 is 14.3 Å². The summed E-state index contributed by atoms with van der Waals surface area (Å²) in [6.45, 7) is 16.9. The second-order valence-corrected chi connectivity index (χ2v) is 14.5. The highest BCUT2D eigenvalue weighted by atomic mass is 28.4. The molecule has 3 atom stereocenters. The molecular formula is C20H36O3Si. The summed E-state index contributed by atoms with van der Waals surface area (Å²) < 4.78 is 11.7. The van der Waals surface area contributed by atoms with Crippen molar-refractivity contribution in [2.24, 2.45) is 11.3 Å². The third kappa shape index (κ3) is 4.51. The van der Waals surface area contributed by atoms with Gasteiger partial charge in [0.1, 0.15) is 6.61 Å². The Balaban J connectivity index is 1.90. The topological polar surface area (TPSA) is 35.5 Å². The summed E-state index contributed by atoms with van der Waals surface area (Å²) in [6, 6.07) is 0. The van der Waals surface area contributed by atoms with E-state index in [0.717, 1.165) is 24.8 Å². The maximum atomic E-state index is 11.2. The zero-order valence-corrected chi connectivity index (χ0v) is 17.7. The minimum Gasteiger partial charge on any atom is -0.458 e. The molecule has 1 unspecified atom stereocenters. The van der Waals surface area contributed by atoms with Crippen LogP contribution in [0.15, 0.2) is 11.6 Å². The first-order chi connectivity index (χ1) is 10.9. The number of carbonyl (C=O) groups is 1. The van der Waals surface area contributed by atoms with E-state index in [1.807, 2.05) is 0 Å². The number of hydrogen-bond acceptors (Lipinski definition) is 3. The van der Waals surface area contributed by atoms with E-state index in [9.17, 15) is 4.79 Å². The first kappa shape index (κ1) is 19.7. The third-order valence-electron chi connectivity index (χ3n) is 6.85. The van der Waals surface area contributed by atoms with Gasteiger partial charge in [-0.3, -0.25) is 0 Å². The molecule has 0 bridgehead atoms. The van der Waals surface area contributed by atoms with Gasteiger partial charge < -0.3 is 9.16 Å². The monoisotopic (exact) mass is 352 g/mol. The van der Waals surface area contributed by atoms with E-state index < -0.39 is 8.32 Å². The molecule has 1 aliphatic heterocycles. The summed E-state index contributed by atoms with van der Waals surface area (Å²) in [5.74, 6) is 0.481. The molecule has 0 amide bonds. The van der Waals surface area contributed by atoms with Crippen molar-refractivity contribution in [2.75, 3.05) is 6.61 Å². The van der Waals surface area contributed by atoms with Gasteiger partial charge in [0, 0.05) is 12.2 Å². The van der Waals surface area contributed by atoms with Gasteiger partial charge in [-0.25, -0.2) is 4.79 Å². The van der Waals surface area contributed by atoms with Gasteiger partial charge in [0.25, 0.3) is 0 Å². The van der Waals surface area contributed by atoms with Crippen LogP contribution >= 0.6 is 0 Å². The average molecular weight is 353 g/mol. The first-order valence-corrected chi connectivity index (χ1v) is 12.4. The Labute approximate surface area is 149 Å². The van der Waals surface area contributed by atoms with Crippen LogP contribution in [0.3, 0.4) is 0 Å². The lowest BCUT2D eigenvalue weighted by molar-refractivity contribution is -0.134. The van der Waals surface area contributed by atoms with Crippen LogP contribution < -0.4 is 0 Å². The molecule has 2 aliphatic rings. The third-order valence-corrected chi connectivity index (χ3v) is 11.4. The highest BCUT2D eigenvalue weighted by Gasteiger charge is 2.43. The number of cyclic esters (lactones) is 1. The summed E-state index contributed by atoms with van der Waals surface area (Å²) in [6.07, 6.45) is 7.78. The number of ether oxygens (including phenoxy) is 1. The van der Waals surface area contributed by atoms with Crippen LogP contribution in [0.4, 0.5) is 0 Å². The molecule has 24 heavy (non-hydrogen) atoms. The lowest BCUT2D eigenvalue weighted by Crippen LogP contribution is -2.46. The minimum atomic E-state index is -1.68. The van der Waals surface area contributed by atoms with Gasteiger partial charge >= 0.3 is 5.97 Å².